The molecule has 0 amide bonds. The van der Waals surface area contributed by atoms with Crippen LogP contribution in [0.2, 0.25) is 0 Å². The minimum atomic E-state index is 0.901. The lowest BCUT2D eigenvalue weighted by atomic mass is 9.97. The first-order valence-electron chi connectivity index (χ1n) is 22.9. The molecule has 314 valence electrons. The molecule has 0 N–H and O–H groups in total. The average Bonchev–Trinajstić information content (AvgIpc) is 3.95. The molecule has 0 spiro atoms. The fraction of sp³-hybridized carbons (Fsp3) is 0. The predicted octanol–water partition coefficient (Wildman–Crippen LogP) is 18.0. The minimum absolute atomic E-state index is 0.901. The summed E-state index contributed by atoms with van der Waals surface area (Å²) in [4.78, 5) is 2.36. The first-order valence-corrected chi connectivity index (χ1v) is 22.9. The molecule has 0 radical (unpaired) electrons. The van der Waals surface area contributed by atoms with E-state index in [4.69, 9.17) is 4.42 Å². The number of para-hydroxylation sites is 5. The van der Waals surface area contributed by atoms with Crippen molar-refractivity contribution in [1.82, 2.24) is 4.57 Å². The predicted molar refractivity (Wildman–Crippen MR) is 282 cm³/mol. The standard InChI is InChI=1S/C64H42N2O/c1-2-21-52-44(15-1)16-13-26-53(52)48-19-12-20-51(42-48)65(50-39-35-45(36-40-50)55-27-14-28-59-58-25-6-10-32-63(58)67-64(55)59)49-37-33-43(34-38-49)46-17-11-18-47(41-46)54-22-3-7-29-60(54)66-61-30-8-4-23-56(61)57-24-5-9-31-62(57)66/h1-42H. The van der Waals surface area contributed by atoms with Gasteiger partial charge in [0.15, 0.2) is 0 Å². The van der Waals surface area contributed by atoms with Crippen LogP contribution >= 0.6 is 0 Å². The lowest BCUT2D eigenvalue weighted by Gasteiger charge is -2.26. The first kappa shape index (κ1) is 38.5. The van der Waals surface area contributed by atoms with Gasteiger partial charge in [-0.25, -0.2) is 0 Å². The van der Waals surface area contributed by atoms with Crippen LogP contribution < -0.4 is 4.90 Å². The number of anilines is 3. The molecule has 3 nitrogen and oxygen atoms in total. The van der Waals surface area contributed by atoms with Gasteiger partial charge < -0.3 is 13.9 Å². The normalized spacial score (nSPS) is 11.6. The number of furan rings is 1. The van der Waals surface area contributed by atoms with Gasteiger partial charge in [-0.05, 0) is 111 Å². The number of benzene rings is 11. The van der Waals surface area contributed by atoms with Crippen LogP contribution in [0.4, 0.5) is 17.1 Å². The van der Waals surface area contributed by atoms with Gasteiger partial charge in [-0.15, -0.1) is 0 Å². The second kappa shape index (κ2) is 16.0. The summed E-state index contributed by atoms with van der Waals surface area (Å²) in [6.07, 6.45) is 0. The van der Waals surface area contributed by atoms with E-state index in [0.717, 1.165) is 66.9 Å². The Kier molecular flexibility index (Phi) is 9.17. The molecule has 0 aliphatic heterocycles. The summed E-state index contributed by atoms with van der Waals surface area (Å²) in [7, 11) is 0. The van der Waals surface area contributed by atoms with Gasteiger partial charge in [-0.2, -0.15) is 0 Å². The number of hydrogen-bond donors (Lipinski definition) is 0. The van der Waals surface area contributed by atoms with Crippen molar-refractivity contribution in [3.05, 3.63) is 255 Å². The van der Waals surface area contributed by atoms with Gasteiger partial charge in [0, 0.05) is 49.7 Å². The van der Waals surface area contributed by atoms with Crippen LogP contribution in [0.1, 0.15) is 0 Å². The molecule has 3 heteroatoms. The zero-order chi connectivity index (χ0) is 44.3. The molecule has 13 rings (SSSR count). The summed E-state index contributed by atoms with van der Waals surface area (Å²) in [5.74, 6) is 0. The zero-order valence-electron chi connectivity index (χ0n) is 36.6. The summed E-state index contributed by atoms with van der Waals surface area (Å²) in [6.45, 7) is 0. The van der Waals surface area contributed by atoms with E-state index in [0.29, 0.717) is 0 Å². The molecule has 0 aliphatic carbocycles. The molecular formula is C64H42N2O. The lowest BCUT2D eigenvalue weighted by Crippen LogP contribution is -2.10. The fourth-order valence-electron chi connectivity index (χ4n) is 10.3. The molecule has 2 heterocycles. The van der Waals surface area contributed by atoms with Crippen molar-refractivity contribution < 1.29 is 4.42 Å². The van der Waals surface area contributed by atoms with Crippen molar-refractivity contribution in [2.75, 3.05) is 4.90 Å². The molecule has 2 aromatic heterocycles. The highest BCUT2D eigenvalue weighted by Crippen LogP contribution is 2.42. The van der Waals surface area contributed by atoms with Crippen molar-refractivity contribution in [2.24, 2.45) is 0 Å². The van der Waals surface area contributed by atoms with E-state index in [1.807, 2.05) is 12.1 Å². The molecule has 0 bridgehead atoms. The number of fused-ring (bicyclic) bond motifs is 7. The zero-order valence-corrected chi connectivity index (χ0v) is 36.6. The highest BCUT2D eigenvalue weighted by atomic mass is 16.3. The summed E-state index contributed by atoms with van der Waals surface area (Å²) < 4.78 is 8.88. The van der Waals surface area contributed by atoms with E-state index in [-0.39, 0.29) is 0 Å². The largest absolute Gasteiger partial charge is 0.455 e. The van der Waals surface area contributed by atoms with Crippen LogP contribution in [0.5, 0.6) is 0 Å². The summed E-state index contributed by atoms with van der Waals surface area (Å²) in [5.41, 5.74) is 17.8. The molecule has 13 aromatic rings. The Balaban J connectivity index is 0.895. The Labute approximate surface area is 388 Å². The number of aromatic nitrogens is 1. The van der Waals surface area contributed by atoms with Crippen molar-refractivity contribution in [3.63, 3.8) is 0 Å². The van der Waals surface area contributed by atoms with Gasteiger partial charge in [-0.1, -0.05) is 188 Å². The summed E-state index contributed by atoms with van der Waals surface area (Å²) >= 11 is 0. The Morgan fingerprint density at radius 1 is 0.299 bits per heavy atom. The maximum atomic E-state index is 6.46. The van der Waals surface area contributed by atoms with Crippen LogP contribution in [-0.2, 0) is 0 Å². The van der Waals surface area contributed by atoms with Crippen LogP contribution in [0, 0.1) is 0 Å². The molecule has 0 atom stereocenters. The van der Waals surface area contributed by atoms with Crippen molar-refractivity contribution in [2.45, 2.75) is 0 Å². The third kappa shape index (κ3) is 6.59. The molecule has 0 unspecified atom stereocenters. The van der Waals surface area contributed by atoms with Gasteiger partial charge in [0.1, 0.15) is 11.2 Å². The topological polar surface area (TPSA) is 21.3 Å². The molecule has 0 aliphatic rings. The monoisotopic (exact) mass is 854 g/mol. The molecule has 67 heavy (non-hydrogen) atoms. The molecule has 11 aromatic carbocycles. The Bertz CT molecular complexity index is 3930. The minimum Gasteiger partial charge on any atom is -0.455 e. The van der Waals surface area contributed by atoms with E-state index in [1.165, 1.54) is 54.8 Å². The summed E-state index contributed by atoms with van der Waals surface area (Å²) in [6, 6.07) is 91.9. The summed E-state index contributed by atoms with van der Waals surface area (Å²) in [5, 5.41) is 7.24. The van der Waals surface area contributed by atoms with Crippen molar-refractivity contribution in [1.29, 1.82) is 0 Å². The van der Waals surface area contributed by atoms with Crippen LogP contribution in [-0.4, -0.2) is 4.57 Å². The first-order chi connectivity index (χ1) is 33.2. The van der Waals surface area contributed by atoms with Gasteiger partial charge in [-0.3, -0.25) is 0 Å². The highest BCUT2D eigenvalue weighted by Gasteiger charge is 2.19. The number of hydrogen-bond acceptors (Lipinski definition) is 2. The maximum Gasteiger partial charge on any atom is 0.143 e. The lowest BCUT2D eigenvalue weighted by molar-refractivity contribution is 0.670. The van der Waals surface area contributed by atoms with E-state index in [9.17, 15) is 0 Å². The third-order valence-electron chi connectivity index (χ3n) is 13.4. The second-order valence-corrected chi connectivity index (χ2v) is 17.3. The molecule has 0 saturated heterocycles. The SMILES string of the molecule is c1cc(-c2ccc(N(c3ccc(-c4cccc5c4oc4ccccc45)cc3)c3cccc(-c4cccc5ccccc45)c3)cc2)cc(-c2ccccc2-n2c3ccccc3c3ccccc32)c1. The number of rotatable bonds is 8. The second-order valence-electron chi connectivity index (χ2n) is 17.3. The van der Waals surface area contributed by atoms with E-state index in [1.54, 1.807) is 0 Å². The Morgan fingerprint density at radius 3 is 1.60 bits per heavy atom. The van der Waals surface area contributed by atoms with E-state index >= 15 is 0 Å². The molecule has 0 saturated carbocycles. The van der Waals surface area contributed by atoms with Gasteiger partial charge >= 0.3 is 0 Å². The highest BCUT2D eigenvalue weighted by molar-refractivity contribution is 6.11. The van der Waals surface area contributed by atoms with Gasteiger partial charge in [0.25, 0.3) is 0 Å². The van der Waals surface area contributed by atoms with Crippen molar-refractivity contribution in [3.8, 4) is 50.2 Å². The van der Waals surface area contributed by atoms with Crippen molar-refractivity contribution >= 4 is 71.6 Å². The third-order valence-corrected chi connectivity index (χ3v) is 13.4. The van der Waals surface area contributed by atoms with E-state index < -0.39 is 0 Å². The average molecular weight is 855 g/mol. The number of nitrogens with zero attached hydrogens (tertiary/aromatic N) is 2. The van der Waals surface area contributed by atoms with Gasteiger partial charge in [0.2, 0.25) is 0 Å². The fourth-order valence-corrected chi connectivity index (χ4v) is 10.3. The Hall–Kier alpha value is -8.92. The van der Waals surface area contributed by atoms with Gasteiger partial charge in [0.05, 0.1) is 16.7 Å². The molecule has 0 fully saturated rings. The maximum absolute atomic E-state index is 6.46. The van der Waals surface area contributed by atoms with Crippen LogP contribution in [0.15, 0.2) is 259 Å². The smallest absolute Gasteiger partial charge is 0.143 e. The van der Waals surface area contributed by atoms with Crippen LogP contribution in [0.25, 0.3) is 105 Å². The molecular weight excluding hydrogens is 813 g/mol. The quantitative estimate of drug-likeness (QED) is 0.152. The van der Waals surface area contributed by atoms with Crippen LogP contribution in [0.3, 0.4) is 0 Å². The Morgan fingerprint density at radius 2 is 0.821 bits per heavy atom. The van der Waals surface area contributed by atoms with E-state index in [2.05, 4.69) is 252 Å².